The summed E-state index contributed by atoms with van der Waals surface area (Å²) < 4.78 is 5.53. The molecule has 0 unspecified atom stereocenters. The largest absolute Gasteiger partial charge is 0.381 e. The van der Waals surface area contributed by atoms with Gasteiger partial charge in [0.25, 0.3) is 0 Å². The van der Waals surface area contributed by atoms with Gasteiger partial charge in [-0.3, -0.25) is 9.79 Å². The van der Waals surface area contributed by atoms with E-state index in [2.05, 4.69) is 27.9 Å². The summed E-state index contributed by atoms with van der Waals surface area (Å²) in [7, 11) is 1.75. The molecule has 0 aromatic heterocycles. The lowest BCUT2D eigenvalue weighted by Crippen LogP contribution is -2.37. The van der Waals surface area contributed by atoms with Gasteiger partial charge in [-0.1, -0.05) is 25.5 Å². The van der Waals surface area contributed by atoms with Crippen LogP contribution in [0.3, 0.4) is 0 Å². The van der Waals surface area contributed by atoms with Gasteiger partial charge < -0.3 is 20.7 Å². The second kappa shape index (κ2) is 12.4. The summed E-state index contributed by atoms with van der Waals surface area (Å²) in [5.41, 5.74) is 1.88. The molecule has 0 spiro atoms. The van der Waals surface area contributed by atoms with Crippen LogP contribution < -0.4 is 16.0 Å². The van der Waals surface area contributed by atoms with E-state index in [1.165, 1.54) is 6.92 Å². The van der Waals surface area contributed by atoms with Gasteiger partial charge in [-0.05, 0) is 30.5 Å². The van der Waals surface area contributed by atoms with E-state index >= 15 is 0 Å². The van der Waals surface area contributed by atoms with Crippen molar-refractivity contribution in [3.8, 4) is 0 Å². The van der Waals surface area contributed by atoms with Gasteiger partial charge in [0, 0.05) is 46.0 Å². The van der Waals surface area contributed by atoms with Crippen LogP contribution in [-0.2, 0) is 16.1 Å². The third-order valence-corrected chi connectivity index (χ3v) is 3.33. The van der Waals surface area contributed by atoms with E-state index < -0.39 is 0 Å². The first-order valence-electron chi connectivity index (χ1n) is 8.54. The molecule has 0 saturated carbocycles. The number of nitrogens with zero attached hydrogens (tertiary/aromatic N) is 1. The quantitative estimate of drug-likeness (QED) is 0.349. The first-order chi connectivity index (χ1) is 11.7. The van der Waals surface area contributed by atoms with Gasteiger partial charge in [-0.15, -0.1) is 0 Å². The van der Waals surface area contributed by atoms with Crippen molar-refractivity contribution in [1.82, 2.24) is 10.6 Å². The van der Waals surface area contributed by atoms with Crippen molar-refractivity contribution in [1.29, 1.82) is 0 Å². The Hall–Kier alpha value is -2.08. The highest BCUT2D eigenvalue weighted by Crippen LogP contribution is 2.10. The summed E-state index contributed by atoms with van der Waals surface area (Å²) in [6.45, 7) is 6.73. The Bertz CT molecular complexity index is 517. The zero-order valence-electron chi connectivity index (χ0n) is 15.0. The number of carbonyl (C=O) groups excluding carboxylic acids is 1. The topological polar surface area (TPSA) is 74.8 Å². The highest BCUT2D eigenvalue weighted by molar-refractivity contribution is 5.88. The molecule has 0 fully saturated rings. The van der Waals surface area contributed by atoms with Gasteiger partial charge in [0.05, 0.1) is 0 Å². The standard InChI is InChI=1S/C18H30N4O2/c1-4-5-11-24-12-7-10-20-18(19-3)21-14-16-8-6-9-17(13-16)22-15(2)23/h6,8-9,13H,4-5,7,10-12,14H2,1-3H3,(H,22,23)(H2,19,20,21). The van der Waals surface area contributed by atoms with Crippen molar-refractivity contribution in [3.05, 3.63) is 29.8 Å². The maximum absolute atomic E-state index is 11.1. The van der Waals surface area contributed by atoms with Crippen LogP contribution in [0.1, 0.15) is 38.7 Å². The van der Waals surface area contributed by atoms with Crippen LogP contribution >= 0.6 is 0 Å². The zero-order chi connectivity index (χ0) is 17.6. The first kappa shape index (κ1) is 20.0. The number of carbonyl (C=O) groups is 1. The molecule has 3 N–H and O–H groups in total. The van der Waals surface area contributed by atoms with Crippen LogP contribution in [0.2, 0.25) is 0 Å². The van der Waals surface area contributed by atoms with E-state index in [1.54, 1.807) is 7.05 Å². The lowest BCUT2D eigenvalue weighted by atomic mass is 10.2. The van der Waals surface area contributed by atoms with Crippen molar-refractivity contribution in [2.45, 2.75) is 39.7 Å². The predicted octanol–water partition coefficient (Wildman–Crippen LogP) is 2.52. The van der Waals surface area contributed by atoms with Crippen LogP contribution in [0.25, 0.3) is 0 Å². The average Bonchev–Trinajstić information content (AvgIpc) is 2.56. The molecule has 0 aliphatic heterocycles. The fourth-order valence-electron chi connectivity index (χ4n) is 2.10. The molecule has 0 radical (unpaired) electrons. The summed E-state index contributed by atoms with van der Waals surface area (Å²) in [6, 6.07) is 7.75. The normalized spacial score (nSPS) is 11.2. The molecule has 0 aliphatic carbocycles. The van der Waals surface area contributed by atoms with E-state index in [9.17, 15) is 4.79 Å². The molecule has 1 aromatic rings. The van der Waals surface area contributed by atoms with Gasteiger partial charge >= 0.3 is 0 Å². The number of amides is 1. The van der Waals surface area contributed by atoms with Crippen molar-refractivity contribution >= 4 is 17.6 Å². The lowest BCUT2D eigenvalue weighted by Gasteiger charge is -2.12. The number of rotatable bonds is 10. The molecule has 1 rings (SSSR count). The smallest absolute Gasteiger partial charge is 0.221 e. The molecule has 0 bridgehead atoms. The van der Waals surface area contributed by atoms with Crippen molar-refractivity contribution in [2.75, 3.05) is 32.1 Å². The highest BCUT2D eigenvalue weighted by Gasteiger charge is 2.00. The third kappa shape index (κ3) is 9.15. The Morgan fingerprint density at radius 2 is 2.00 bits per heavy atom. The molecule has 0 aliphatic rings. The Morgan fingerprint density at radius 3 is 2.71 bits per heavy atom. The second-order valence-electron chi connectivity index (χ2n) is 5.55. The summed E-state index contributed by atoms with van der Waals surface area (Å²) in [4.78, 5) is 15.3. The first-order valence-corrected chi connectivity index (χ1v) is 8.54. The molecule has 6 heteroatoms. The lowest BCUT2D eigenvalue weighted by molar-refractivity contribution is -0.114. The molecule has 6 nitrogen and oxygen atoms in total. The van der Waals surface area contributed by atoms with E-state index in [1.807, 2.05) is 24.3 Å². The number of nitrogens with one attached hydrogen (secondary N) is 3. The monoisotopic (exact) mass is 334 g/mol. The Balaban J connectivity index is 2.27. The predicted molar refractivity (Wildman–Crippen MR) is 99.3 cm³/mol. The minimum atomic E-state index is -0.0706. The number of aliphatic imine (C=N–C) groups is 1. The van der Waals surface area contributed by atoms with Gasteiger partial charge in [-0.25, -0.2) is 0 Å². The van der Waals surface area contributed by atoms with Crippen LogP contribution in [0.4, 0.5) is 5.69 Å². The van der Waals surface area contributed by atoms with Gasteiger partial charge in [-0.2, -0.15) is 0 Å². The second-order valence-corrected chi connectivity index (χ2v) is 5.55. The minimum Gasteiger partial charge on any atom is -0.381 e. The number of unbranched alkanes of at least 4 members (excludes halogenated alkanes) is 1. The molecular formula is C18H30N4O2. The molecule has 0 atom stereocenters. The van der Waals surface area contributed by atoms with Crippen molar-refractivity contribution in [3.63, 3.8) is 0 Å². The van der Waals surface area contributed by atoms with Crippen LogP contribution in [-0.4, -0.2) is 38.7 Å². The fourth-order valence-corrected chi connectivity index (χ4v) is 2.10. The van der Waals surface area contributed by atoms with Crippen LogP contribution in [0, 0.1) is 0 Å². The average molecular weight is 334 g/mol. The zero-order valence-corrected chi connectivity index (χ0v) is 15.0. The van der Waals surface area contributed by atoms with Gasteiger partial charge in [0.15, 0.2) is 5.96 Å². The number of hydrogen-bond acceptors (Lipinski definition) is 3. The van der Waals surface area contributed by atoms with Gasteiger partial charge in [0.1, 0.15) is 0 Å². The van der Waals surface area contributed by atoms with Crippen molar-refractivity contribution < 1.29 is 9.53 Å². The summed E-state index contributed by atoms with van der Waals surface area (Å²) in [6.07, 6.45) is 3.23. The molecule has 1 aromatic carbocycles. The molecule has 1 amide bonds. The van der Waals surface area contributed by atoms with Crippen LogP contribution in [0.15, 0.2) is 29.3 Å². The van der Waals surface area contributed by atoms with E-state index in [0.717, 1.165) is 56.2 Å². The van der Waals surface area contributed by atoms with E-state index in [4.69, 9.17) is 4.74 Å². The van der Waals surface area contributed by atoms with Crippen molar-refractivity contribution in [2.24, 2.45) is 4.99 Å². The maximum Gasteiger partial charge on any atom is 0.221 e. The number of benzene rings is 1. The van der Waals surface area contributed by atoms with E-state index in [-0.39, 0.29) is 5.91 Å². The van der Waals surface area contributed by atoms with E-state index in [0.29, 0.717) is 6.54 Å². The summed E-state index contributed by atoms with van der Waals surface area (Å²) in [5.74, 6) is 0.687. The van der Waals surface area contributed by atoms with Crippen LogP contribution in [0.5, 0.6) is 0 Å². The minimum absolute atomic E-state index is 0.0706. The molecular weight excluding hydrogens is 304 g/mol. The fraction of sp³-hybridized carbons (Fsp3) is 0.556. The number of anilines is 1. The number of ether oxygens (including phenoxy) is 1. The SMILES string of the molecule is CCCCOCCCNC(=NC)NCc1cccc(NC(C)=O)c1. The summed E-state index contributed by atoms with van der Waals surface area (Å²) >= 11 is 0. The molecule has 24 heavy (non-hydrogen) atoms. The summed E-state index contributed by atoms with van der Waals surface area (Å²) in [5, 5.41) is 9.31. The number of guanidine groups is 1. The Kier molecular flexibility index (Phi) is 10.3. The third-order valence-electron chi connectivity index (χ3n) is 3.33. The Morgan fingerprint density at radius 1 is 1.21 bits per heavy atom. The molecule has 134 valence electrons. The highest BCUT2D eigenvalue weighted by atomic mass is 16.5. The molecule has 0 saturated heterocycles. The molecule has 0 heterocycles. The Labute approximate surface area is 145 Å². The van der Waals surface area contributed by atoms with Gasteiger partial charge in [0.2, 0.25) is 5.91 Å². The number of hydrogen-bond donors (Lipinski definition) is 3. The maximum atomic E-state index is 11.1.